The Balaban J connectivity index is 1.69. The third kappa shape index (κ3) is 3.89. The first kappa shape index (κ1) is 20.3. The van der Waals surface area contributed by atoms with Gasteiger partial charge in [-0.15, -0.1) is 0 Å². The number of aromatic nitrogens is 2. The molecule has 7 nitrogen and oxygen atoms in total. The second kappa shape index (κ2) is 8.43. The Bertz CT molecular complexity index is 1100. The molecule has 1 aliphatic heterocycles. The second-order valence-electron chi connectivity index (χ2n) is 7.03. The Morgan fingerprint density at radius 3 is 2.93 bits per heavy atom. The van der Waals surface area contributed by atoms with Crippen LogP contribution in [0.1, 0.15) is 21.5 Å². The number of aliphatic hydroxyl groups excluding tert-OH is 1. The first-order valence-corrected chi connectivity index (χ1v) is 9.85. The van der Waals surface area contributed by atoms with Gasteiger partial charge in [-0.2, -0.15) is 5.10 Å². The molecule has 1 aromatic heterocycles. The van der Waals surface area contributed by atoms with Crippen LogP contribution in [0, 0.1) is 5.82 Å². The molecule has 156 valence electrons. The van der Waals surface area contributed by atoms with Crippen molar-refractivity contribution >= 4 is 34.7 Å². The van der Waals surface area contributed by atoms with Crippen molar-refractivity contribution in [3.8, 4) is 0 Å². The molecule has 0 bridgehead atoms. The maximum atomic E-state index is 14.6. The molecule has 2 heterocycles. The lowest BCUT2D eigenvalue weighted by molar-refractivity contribution is 0.0985. The van der Waals surface area contributed by atoms with Crippen LogP contribution in [0.4, 0.5) is 21.6 Å². The highest BCUT2D eigenvalue weighted by Crippen LogP contribution is 2.37. The number of carbonyl (C=O) groups is 1. The fraction of sp³-hybridized carbons (Fsp3) is 0.238. The van der Waals surface area contributed by atoms with Gasteiger partial charge < -0.3 is 20.6 Å². The van der Waals surface area contributed by atoms with Crippen molar-refractivity contribution in [3.63, 3.8) is 0 Å². The minimum Gasteiger partial charge on any atom is -0.395 e. The summed E-state index contributed by atoms with van der Waals surface area (Å²) in [5, 5.41) is 19.9. The van der Waals surface area contributed by atoms with Crippen LogP contribution in [-0.4, -0.2) is 33.9 Å². The number of nitrogens with zero attached hydrogens (tertiary/aromatic N) is 3. The molecular formula is C21H21ClFN5O2. The van der Waals surface area contributed by atoms with Crippen LogP contribution in [0.25, 0.3) is 0 Å². The Kier molecular flexibility index (Phi) is 5.72. The van der Waals surface area contributed by atoms with Gasteiger partial charge in [-0.25, -0.2) is 4.39 Å². The third-order valence-electron chi connectivity index (χ3n) is 4.99. The highest BCUT2D eigenvalue weighted by Gasteiger charge is 2.27. The molecule has 4 rings (SSSR count). The minimum absolute atomic E-state index is 0.0268. The van der Waals surface area contributed by atoms with E-state index in [-0.39, 0.29) is 31.2 Å². The Labute approximate surface area is 178 Å². The summed E-state index contributed by atoms with van der Waals surface area (Å²) in [5.74, 6) is -0.0335. The van der Waals surface area contributed by atoms with E-state index in [1.807, 2.05) is 7.05 Å². The van der Waals surface area contributed by atoms with Gasteiger partial charge in [-0.05, 0) is 30.3 Å². The van der Waals surface area contributed by atoms with Crippen LogP contribution in [0.15, 0.2) is 42.6 Å². The van der Waals surface area contributed by atoms with Crippen molar-refractivity contribution in [2.75, 3.05) is 23.4 Å². The molecule has 0 atom stereocenters. The van der Waals surface area contributed by atoms with Crippen molar-refractivity contribution in [2.45, 2.75) is 13.1 Å². The van der Waals surface area contributed by atoms with Gasteiger partial charge in [0.2, 0.25) is 0 Å². The minimum atomic E-state index is -0.474. The number of aryl methyl sites for hydroxylation is 1. The van der Waals surface area contributed by atoms with E-state index in [4.69, 9.17) is 16.7 Å². The molecule has 1 aliphatic rings. The summed E-state index contributed by atoms with van der Waals surface area (Å²) >= 11 is 6.17. The summed E-state index contributed by atoms with van der Waals surface area (Å²) in [5.41, 5.74) is 2.83. The monoisotopic (exact) mass is 429 g/mol. The predicted molar refractivity (Wildman–Crippen MR) is 114 cm³/mol. The molecule has 3 aromatic rings. The van der Waals surface area contributed by atoms with E-state index in [1.54, 1.807) is 46.1 Å². The number of hydrogen-bond donors (Lipinski definition) is 3. The van der Waals surface area contributed by atoms with Gasteiger partial charge in [-0.3, -0.25) is 9.48 Å². The van der Waals surface area contributed by atoms with E-state index in [2.05, 4.69) is 15.7 Å². The second-order valence-corrected chi connectivity index (χ2v) is 7.46. The molecule has 30 heavy (non-hydrogen) atoms. The van der Waals surface area contributed by atoms with Crippen molar-refractivity contribution < 1.29 is 14.3 Å². The first-order valence-electron chi connectivity index (χ1n) is 9.47. The largest absolute Gasteiger partial charge is 0.395 e. The van der Waals surface area contributed by atoms with Gasteiger partial charge in [0.15, 0.2) is 0 Å². The Hall–Kier alpha value is -2.94. The zero-order chi connectivity index (χ0) is 21.3. The van der Waals surface area contributed by atoms with Gasteiger partial charge in [0.05, 0.1) is 30.7 Å². The fourth-order valence-corrected chi connectivity index (χ4v) is 3.62. The van der Waals surface area contributed by atoms with E-state index < -0.39 is 5.82 Å². The summed E-state index contributed by atoms with van der Waals surface area (Å²) < 4.78 is 16.3. The van der Waals surface area contributed by atoms with Crippen LogP contribution in [0.5, 0.6) is 0 Å². The standard InChI is InChI=1S/C21H21ClFN5O2/c1-27-20-15(11-25-27)12-28(19-5-4-16(22)9-18(19)26-20)21(30)13-2-3-14(17(23)8-13)10-24-6-7-29/h2-5,8-9,11,24,26,29H,6-7,10,12H2,1H3. The van der Waals surface area contributed by atoms with Gasteiger partial charge in [0.1, 0.15) is 11.6 Å². The summed E-state index contributed by atoms with van der Waals surface area (Å²) in [4.78, 5) is 15.0. The third-order valence-corrected chi connectivity index (χ3v) is 5.23. The average Bonchev–Trinajstić information content (AvgIpc) is 2.98. The number of halogens is 2. The summed E-state index contributed by atoms with van der Waals surface area (Å²) in [6.45, 7) is 0.897. The lowest BCUT2D eigenvalue weighted by Gasteiger charge is -2.23. The number of rotatable bonds is 5. The van der Waals surface area contributed by atoms with Crippen LogP contribution in [0.3, 0.4) is 0 Å². The number of anilines is 3. The van der Waals surface area contributed by atoms with Gasteiger partial charge in [0, 0.05) is 41.9 Å². The fourth-order valence-electron chi connectivity index (χ4n) is 3.45. The van der Waals surface area contributed by atoms with E-state index in [0.29, 0.717) is 28.5 Å². The van der Waals surface area contributed by atoms with Gasteiger partial charge >= 0.3 is 0 Å². The predicted octanol–water partition coefficient (Wildman–Crippen LogP) is 3.20. The highest BCUT2D eigenvalue weighted by atomic mass is 35.5. The maximum absolute atomic E-state index is 14.6. The molecule has 1 amide bonds. The summed E-state index contributed by atoms with van der Waals surface area (Å²) in [7, 11) is 1.81. The lowest BCUT2D eigenvalue weighted by Crippen LogP contribution is -2.30. The Morgan fingerprint density at radius 1 is 1.33 bits per heavy atom. The normalized spacial score (nSPS) is 12.7. The number of amides is 1. The zero-order valence-electron chi connectivity index (χ0n) is 16.3. The highest BCUT2D eigenvalue weighted by molar-refractivity contribution is 6.31. The molecule has 0 fully saturated rings. The molecule has 0 saturated carbocycles. The van der Waals surface area contributed by atoms with Crippen LogP contribution < -0.4 is 15.5 Å². The molecule has 0 radical (unpaired) electrons. The number of benzene rings is 2. The van der Waals surface area contributed by atoms with Crippen LogP contribution in [0.2, 0.25) is 5.02 Å². The first-order chi connectivity index (χ1) is 14.5. The Morgan fingerprint density at radius 2 is 2.17 bits per heavy atom. The molecule has 0 aliphatic carbocycles. The molecule has 9 heteroatoms. The molecular weight excluding hydrogens is 409 g/mol. The molecule has 3 N–H and O–H groups in total. The van der Waals surface area contributed by atoms with E-state index in [9.17, 15) is 9.18 Å². The number of aliphatic hydroxyl groups is 1. The van der Waals surface area contributed by atoms with Crippen molar-refractivity contribution in [1.29, 1.82) is 0 Å². The summed E-state index contributed by atoms with van der Waals surface area (Å²) in [6, 6.07) is 9.67. The van der Waals surface area contributed by atoms with Gasteiger partial charge in [-0.1, -0.05) is 17.7 Å². The van der Waals surface area contributed by atoms with Crippen LogP contribution >= 0.6 is 11.6 Å². The topological polar surface area (TPSA) is 82.4 Å². The molecule has 0 spiro atoms. The molecule has 0 saturated heterocycles. The average molecular weight is 430 g/mol. The maximum Gasteiger partial charge on any atom is 0.258 e. The lowest BCUT2D eigenvalue weighted by atomic mass is 10.1. The molecule has 2 aromatic carbocycles. The zero-order valence-corrected chi connectivity index (χ0v) is 17.1. The van der Waals surface area contributed by atoms with Crippen molar-refractivity contribution in [2.24, 2.45) is 7.05 Å². The van der Waals surface area contributed by atoms with Crippen LogP contribution in [-0.2, 0) is 20.1 Å². The molecule has 0 unspecified atom stereocenters. The quantitative estimate of drug-likeness (QED) is 0.542. The van der Waals surface area contributed by atoms with E-state index in [0.717, 1.165) is 11.4 Å². The van der Waals surface area contributed by atoms with Gasteiger partial charge in [0.25, 0.3) is 5.91 Å². The SMILES string of the molecule is Cn1ncc2c1Nc1cc(Cl)ccc1N(C(=O)c1ccc(CNCCO)c(F)c1)C2. The summed E-state index contributed by atoms with van der Waals surface area (Å²) in [6.07, 6.45) is 1.70. The number of hydrogen-bond acceptors (Lipinski definition) is 5. The number of carbonyl (C=O) groups excluding carboxylic acids is 1. The van der Waals surface area contributed by atoms with E-state index in [1.165, 1.54) is 6.07 Å². The smallest absolute Gasteiger partial charge is 0.258 e. The van der Waals surface area contributed by atoms with Crippen molar-refractivity contribution in [1.82, 2.24) is 15.1 Å². The number of nitrogens with one attached hydrogen (secondary N) is 2. The van der Waals surface area contributed by atoms with E-state index >= 15 is 0 Å². The van der Waals surface area contributed by atoms with Crippen molar-refractivity contribution in [3.05, 3.63) is 70.1 Å². The number of fused-ring (bicyclic) bond motifs is 2.